The van der Waals surface area contributed by atoms with E-state index in [0.29, 0.717) is 18.0 Å². The maximum absolute atomic E-state index is 13.7. The summed E-state index contributed by atoms with van der Waals surface area (Å²) in [7, 11) is 0. The molecule has 1 saturated carbocycles. The van der Waals surface area contributed by atoms with E-state index in [1.807, 2.05) is 6.92 Å². The van der Waals surface area contributed by atoms with Crippen molar-refractivity contribution in [2.24, 2.45) is 0 Å². The monoisotopic (exact) mass is 266 g/mol. The Morgan fingerprint density at radius 2 is 2.21 bits per heavy atom. The van der Waals surface area contributed by atoms with Crippen molar-refractivity contribution < 1.29 is 13.9 Å². The summed E-state index contributed by atoms with van der Waals surface area (Å²) in [4.78, 5) is 11.0. The number of anilines is 2. The van der Waals surface area contributed by atoms with Crippen LogP contribution in [0.1, 0.15) is 26.7 Å². The highest BCUT2D eigenvalue weighted by molar-refractivity contribution is 5.89. The van der Waals surface area contributed by atoms with Crippen molar-refractivity contribution >= 4 is 17.3 Å². The first-order valence-corrected chi connectivity index (χ1v) is 6.53. The zero-order chi connectivity index (χ0) is 13.8. The molecular weight excluding hydrogens is 247 g/mol. The first-order valence-electron chi connectivity index (χ1n) is 6.53. The molecule has 0 spiro atoms. The van der Waals surface area contributed by atoms with E-state index in [1.165, 1.54) is 13.0 Å². The maximum atomic E-state index is 13.7. The van der Waals surface area contributed by atoms with E-state index in [4.69, 9.17) is 4.74 Å². The highest BCUT2D eigenvalue weighted by atomic mass is 19.1. The lowest BCUT2D eigenvalue weighted by Crippen LogP contribution is -2.41. The van der Waals surface area contributed by atoms with Crippen LogP contribution in [0, 0.1) is 5.82 Å². The topological polar surface area (TPSA) is 50.4 Å². The van der Waals surface area contributed by atoms with Gasteiger partial charge in [-0.3, -0.25) is 4.79 Å². The van der Waals surface area contributed by atoms with E-state index in [2.05, 4.69) is 10.6 Å². The quantitative estimate of drug-likeness (QED) is 0.861. The van der Waals surface area contributed by atoms with Gasteiger partial charge in [0, 0.05) is 25.3 Å². The van der Waals surface area contributed by atoms with Gasteiger partial charge in [-0.15, -0.1) is 0 Å². The Kier molecular flexibility index (Phi) is 4.37. The average Bonchev–Trinajstić information content (AvgIpc) is 2.30. The second-order valence-electron chi connectivity index (χ2n) is 4.77. The smallest absolute Gasteiger partial charge is 0.221 e. The molecule has 104 valence electrons. The van der Waals surface area contributed by atoms with Crippen LogP contribution in [0.2, 0.25) is 0 Å². The number of amides is 1. The van der Waals surface area contributed by atoms with Crippen LogP contribution in [0.25, 0.3) is 0 Å². The predicted octanol–water partition coefficient (Wildman–Crippen LogP) is 2.76. The molecule has 4 nitrogen and oxygen atoms in total. The van der Waals surface area contributed by atoms with Crippen molar-refractivity contribution in [1.29, 1.82) is 0 Å². The summed E-state index contributed by atoms with van der Waals surface area (Å²) in [6.07, 6.45) is 2.05. The Balaban J connectivity index is 1.94. The zero-order valence-corrected chi connectivity index (χ0v) is 11.2. The van der Waals surface area contributed by atoms with E-state index in [-0.39, 0.29) is 23.9 Å². The molecule has 1 fully saturated rings. The van der Waals surface area contributed by atoms with Gasteiger partial charge in [0.1, 0.15) is 5.82 Å². The van der Waals surface area contributed by atoms with Crippen molar-refractivity contribution in [2.75, 3.05) is 17.2 Å². The van der Waals surface area contributed by atoms with Crippen molar-refractivity contribution in [1.82, 2.24) is 0 Å². The first-order chi connectivity index (χ1) is 9.08. The minimum Gasteiger partial charge on any atom is -0.380 e. The summed E-state index contributed by atoms with van der Waals surface area (Å²) in [5.74, 6) is -0.480. The number of ether oxygens (including phenoxy) is 1. The van der Waals surface area contributed by atoms with Crippen LogP contribution in [-0.2, 0) is 9.53 Å². The third-order valence-electron chi connectivity index (χ3n) is 3.14. The second kappa shape index (κ2) is 6.02. The molecule has 2 N–H and O–H groups in total. The number of hydrogen-bond donors (Lipinski definition) is 2. The molecule has 0 radical (unpaired) electrons. The highest BCUT2D eigenvalue weighted by Crippen LogP contribution is 2.29. The van der Waals surface area contributed by atoms with Crippen LogP contribution in [0.3, 0.4) is 0 Å². The number of hydrogen-bond acceptors (Lipinski definition) is 3. The van der Waals surface area contributed by atoms with Crippen molar-refractivity contribution in [3.63, 3.8) is 0 Å². The van der Waals surface area contributed by atoms with E-state index in [9.17, 15) is 9.18 Å². The van der Waals surface area contributed by atoms with Gasteiger partial charge in [-0.05, 0) is 38.0 Å². The Morgan fingerprint density at radius 3 is 2.84 bits per heavy atom. The molecule has 0 heterocycles. The fourth-order valence-electron chi connectivity index (χ4n) is 2.19. The van der Waals surface area contributed by atoms with Gasteiger partial charge >= 0.3 is 0 Å². The molecule has 0 atom stereocenters. The fourth-order valence-corrected chi connectivity index (χ4v) is 2.19. The van der Waals surface area contributed by atoms with Crippen LogP contribution in [-0.4, -0.2) is 24.7 Å². The third-order valence-corrected chi connectivity index (χ3v) is 3.14. The molecule has 19 heavy (non-hydrogen) atoms. The molecule has 1 aliphatic rings. The van der Waals surface area contributed by atoms with Crippen LogP contribution in [0.5, 0.6) is 0 Å². The highest BCUT2D eigenvalue weighted by Gasteiger charge is 2.29. The van der Waals surface area contributed by atoms with Gasteiger partial charge in [-0.2, -0.15) is 0 Å². The summed E-state index contributed by atoms with van der Waals surface area (Å²) in [5, 5.41) is 5.78. The van der Waals surface area contributed by atoms with Crippen molar-refractivity contribution in [2.45, 2.75) is 38.8 Å². The molecule has 1 aromatic rings. The molecule has 0 saturated heterocycles. The van der Waals surface area contributed by atoms with Crippen LogP contribution in [0.15, 0.2) is 18.2 Å². The minimum atomic E-state index is -0.311. The van der Waals surface area contributed by atoms with E-state index >= 15 is 0 Å². The largest absolute Gasteiger partial charge is 0.380 e. The molecule has 0 aromatic heterocycles. The third kappa shape index (κ3) is 3.67. The number of carbonyl (C=O) groups excluding carboxylic acids is 1. The number of rotatable bonds is 5. The number of benzene rings is 1. The zero-order valence-electron chi connectivity index (χ0n) is 11.2. The Labute approximate surface area is 112 Å². The number of carbonyl (C=O) groups is 1. The summed E-state index contributed by atoms with van der Waals surface area (Å²) in [6.45, 7) is 4.11. The van der Waals surface area contributed by atoms with Gasteiger partial charge in [0.25, 0.3) is 0 Å². The van der Waals surface area contributed by atoms with Crippen LogP contribution < -0.4 is 10.6 Å². The van der Waals surface area contributed by atoms with Crippen LogP contribution in [0.4, 0.5) is 15.8 Å². The summed E-state index contributed by atoms with van der Waals surface area (Å²) in [5.41, 5.74) is 1.02. The summed E-state index contributed by atoms with van der Waals surface area (Å²) < 4.78 is 19.1. The lowest BCUT2D eigenvalue weighted by molar-refractivity contribution is -0.114. The fraction of sp³-hybridized carbons (Fsp3) is 0.500. The Morgan fingerprint density at radius 1 is 1.47 bits per heavy atom. The molecule has 0 unspecified atom stereocenters. The molecule has 1 aliphatic carbocycles. The number of nitrogens with one attached hydrogen (secondary N) is 2. The normalized spacial score (nSPS) is 21.6. The van der Waals surface area contributed by atoms with Crippen molar-refractivity contribution in [3.8, 4) is 0 Å². The van der Waals surface area contributed by atoms with Crippen molar-refractivity contribution in [3.05, 3.63) is 24.0 Å². The SMILES string of the molecule is CCOC1CC(Nc2cc(NC(C)=O)ccc2F)C1. The number of halogens is 1. The van der Waals surface area contributed by atoms with Crippen LogP contribution >= 0.6 is 0 Å². The first kappa shape index (κ1) is 13.8. The summed E-state index contributed by atoms with van der Waals surface area (Å²) >= 11 is 0. The summed E-state index contributed by atoms with van der Waals surface area (Å²) in [6, 6.07) is 4.75. The standard InChI is InChI=1S/C14H19FN2O2/c1-3-19-12-6-11(7-12)17-14-8-10(16-9(2)18)4-5-13(14)15/h4-5,8,11-12,17H,3,6-7H2,1-2H3,(H,16,18). The van der Waals surface area contributed by atoms with Gasteiger partial charge in [-0.25, -0.2) is 4.39 Å². The second-order valence-corrected chi connectivity index (χ2v) is 4.77. The molecule has 2 rings (SSSR count). The van der Waals surface area contributed by atoms with Gasteiger partial charge in [-0.1, -0.05) is 0 Å². The minimum absolute atomic E-state index is 0.169. The van der Waals surface area contributed by atoms with E-state index < -0.39 is 0 Å². The van der Waals surface area contributed by atoms with E-state index in [1.54, 1.807) is 12.1 Å². The molecule has 1 aromatic carbocycles. The lowest BCUT2D eigenvalue weighted by Gasteiger charge is -2.36. The molecule has 1 amide bonds. The van der Waals surface area contributed by atoms with E-state index in [0.717, 1.165) is 12.8 Å². The molecular formula is C14H19FN2O2. The lowest BCUT2D eigenvalue weighted by atomic mass is 9.89. The molecule has 0 aliphatic heterocycles. The molecule has 0 bridgehead atoms. The van der Waals surface area contributed by atoms with Gasteiger partial charge in [0.15, 0.2) is 0 Å². The predicted molar refractivity (Wildman–Crippen MR) is 72.8 cm³/mol. The van der Waals surface area contributed by atoms with Gasteiger partial charge in [0.2, 0.25) is 5.91 Å². The van der Waals surface area contributed by atoms with Gasteiger partial charge < -0.3 is 15.4 Å². The Bertz CT molecular complexity index is 459. The molecule has 5 heteroatoms. The average molecular weight is 266 g/mol. The maximum Gasteiger partial charge on any atom is 0.221 e. The van der Waals surface area contributed by atoms with Gasteiger partial charge in [0.05, 0.1) is 11.8 Å². The Hall–Kier alpha value is -1.62.